The quantitative estimate of drug-likeness (QED) is 0.0169. The number of rotatable bonds is 74. The van der Waals surface area contributed by atoms with E-state index in [2.05, 4.69) is 101 Å². The number of aliphatic hydroxyl groups is 1. The zero-order chi connectivity index (χ0) is 71.8. The Balaban J connectivity index is 5.35. The topological polar surface area (TPSA) is 237 Å². The van der Waals surface area contributed by atoms with Crippen LogP contribution in [0.3, 0.4) is 0 Å². The molecule has 98 heavy (non-hydrogen) atoms. The van der Waals surface area contributed by atoms with Crippen molar-refractivity contribution in [2.75, 3.05) is 39.6 Å². The molecule has 0 aliphatic heterocycles. The number of allylic oxidation sites excluding steroid dienone is 12. The Morgan fingerprint density at radius 3 is 0.786 bits per heavy atom. The van der Waals surface area contributed by atoms with Crippen LogP contribution in [0.15, 0.2) is 72.9 Å². The molecule has 0 amide bonds. The van der Waals surface area contributed by atoms with Gasteiger partial charge in [0, 0.05) is 25.7 Å². The van der Waals surface area contributed by atoms with Gasteiger partial charge in [-0.1, -0.05) is 255 Å². The van der Waals surface area contributed by atoms with Gasteiger partial charge in [0.05, 0.1) is 26.4 Å². The molecule has 0 radical (unpaired) electrons. The highest BCUT2D eigenvalue weighted by molar-refractivity contribution is 7.47. The van der Waals surface area contributed by atoms with Gasteiger partial charge in [-0.3, -0.25) is 37.3 Å². The van der Waals surface area contributed by atoms with Gasteiger partial charge >= 0.3 is 39.5 Å². The number of aliphatic hydroxyl groups excluding tert-OH is 1. The van der Waals surface area contributed by atoms with Gasteiger partial charge in [-0.25, -0.2) is 9.13 Å². The molecule has 0 saturated carbocycles. The smallest absolute Gasteiger partial charge is 0.462 e. The summed E-state index contributed by atoms with van der Waals surface area (Å²) in [5.41, 5.74) is 0. The monoisotopic (exact) mass is 1420 g/mol. The summed E-state index contributed by atoms with van der Waals surface area (Å²) in [7, 11) is -9.95. The third-order valence-electron chi connectivity index (χ3n) is 16.6. The van der Waals surface area contributed by atoms with Crippen LogP contribution in [0.4, 0.5) is 0 Å². The lowest BCUT2D eigenvalue weighted by Crippen LogP contribution is -2.30. The average molecular weight is 1430 g/mol. The van der Waals surface area contributed by atoms with Gasteiger partial charge in [0.2, 0.25) is 0 Å². The number of phosphoric acid groups is 2. The minimum absolute atomic E-state index is 0.0780. The molecule has 0 heterocycles. The van der Waals surface area contributed by atoms with E-state index >= 15 is 0 Å². The number of phosphoric ester groups is 2. The number of hydrogen-bond acceptors (Lipinski definition) is 15. The normalized spacial score (nSPS) is 14.3. The first-order valence-electron chi connectivity index (χ1n) is 39.2. The molecule has 570 valence electrons. The van der Waals surface area contributed by atoms with E-state index in [-0.39, 0.29) is 25.7 Å². The van der Waals surface area contributed by atoms with Crippen LogP contribution < -0.4 is 0 Å². The van der Waals surface area contributed by atoms with Gasteiger partial charge < -0.3 is 33.8 Å². The molecule has 0 aromatic heterocycles. The molecule has 0 spiro atoms. The molecule has 3 unspecified atom stereocenters. The highest BCUT2D eigenvalue weighted by atomic mass is 31.2. The van der Waals surface area contributed by atoms with Gasteiger partial charge in [0.25, 0.3) is 0 Å². The Labute approximate surface area is 596 Å². The second kappa shape index (κ2) is 71.9. The number of esters is 4. The maximum atomic E-state index is 13.1. The van der Waals surface area contributed by atoms with Crippen LogP contribution in [0, 0.1) is 0 Å². The van der Waals surface area contributed by atoms with Crippen molar-refractivity contribution in [2.24, 2.45) is 0 Å². The number of carbonyl (C=O) groups excluding carboxylic acids is 4. The van der Waals surface area contributed by atoms with E-state index in [1.807, 2.05) is 0 Å². The Morgan fingerprint density at radius 1 is 0.286 bits per heavy atom. The molecule has 0 rings (SSSR count). The molecule has 0 aromatic rings. The van der Waals surface area contributed by atoms with Gasteiger partial charge in [0.15, 0.2) is 12.2 Å². The van der Waals surface area contributed by atoms with Crippen LogP contribution in [0.5, 0.6) is 0 Å². The summed E-state index contributed by atoms with van der Waals surface area (Å²) in [5, 5.41) is 10.6. The highest BCUT2D eigenvalue weighted by Gasteiger charge is 2.30. The van der Waals surface area contributed by atoms with Crippen LogP contribution >= 0.6 is 15.6 Å². The van der Waals surface area contributed by atoms with Gasteiger partial charge in [-0.05, 0) is 141 Å². The lowest BCUT2D eigenvalue weighted by Gasteiger charge is -2.21. The van der Waals surface area contributed by atoms with Crippen molar-refractivity contribution >= 4 is 39.5 Å². The van der Waals surface area contributed by atoms with Gasteiger partial charge in [-0.2, -0.15) is 0 Å². The molecule has 0 saturated heterocycles. The fraction of sp³-hybridized carbons (Fsp3) is 0.797. The molecule has 0 aromatic carbocycles. The Hall–Kier alpha value is -3.50. The Bertz CT molecular complexity index is 2140. The summed E-state index contributed by atoms with van der Waals surface area (Å²) in [6.07, 6.45) is 71.6. The Kier molecular flexibility index (Phi) is 69.3. The molecule has 19 heteroatoms. The van der Waals surface area contributed by atoms with E-state index < -0.39 is 97.5 Å². The van der Waals surface area contributed by atoms with Crippen molar-refractivity contribution in [3.8, 4) is 0 Å². The summed E-state index contributed by atoms with van der Waals surface area (Å²) >= 11 is 0. The lowest BCUT2D eigenvalue weighted by molar-refractivity contribution is -0.161. The van der Waals surface area contributed by atoms with E-state index in [4.69, 9.17) is 37.0 Å². The lowest BCUT2D eigenvalue weighted by atomic mass is 10.1. The molecule has 0 bridgehead atoms. The highest BCUT2D eigenvalue weighted by Crippen LogP contribution is 2.45. The van der Waals surface area contributed by atoms with Crippen molar-refractivity contribution in [2.45, 2.75) is 367 Å². The van der Waals surface area contributed by atoms with E-state index in [9.17, 15) is 43.2 Å². The van der Waals surface area contributed by atoms with Gasteiger partial charge in [0.1, 0.15) is 19.3 Å². The van der Waals surface area contributed by atoms with Crippen LogP contribution in [0.25, 0.3) is 0 Å². The predicted molar refractivity (Wildman–Crippen MR) is 400 cm³/mol. The van der Waals surface area contributed by atoms with Crippen molar-refractivity contribution in [1.29, 1.82) is 0 Å². The zero-order valence-electron chi connectivity index (χ0n) is 62.2. The number of hydrogen-bond donors (Lipinski definition) is 3. The van der Waals surface area contributed by atoms with E-state index in [1.165, 1.54) is 103 Å². The molecular formula is C79H142O17P2. The first-order valence-corrected chi connectivity index (χ1v) is 42.2. The summed E-state index contributed by atoms with van der Waals surface area (Å²) in [6, 6.07) is 0. The van der Waals surface area contributed by atoms with Crippen LogP contribution in [0.1, 0.15) is 349 Å². The standard InChI is InChI=1S/C79H142O17P2/c1-5-9-13-17-21-25-29-33-36-40-43-47-51-55-59-63-76(81)89-69-74(95-78(83)65-61-57-53-49-45-39-32-28-24-20-16-12-8-4)71-93-97(85,86)91-67-73(80)68-92-98(87,88)94-72-75(96-79(84)66-62-58-54-50-46-42-38-35-31-27-23-19-15-11-7-3)70-90-77(82)64-60-56-52-48-44-41-37-34-30-26-22-18-14-10-6-2/h22-23,25-29,32,34-35,37-38,73-75,80H,5-21,24,30-31,33,36,39-72H2,1-4H3,(H,85,86)(H,87,88)/t73?,74-,75-/m1/s1. The van der Waals surface area contributed by atoms with E-state index in [0.717, 1.165) is 167 Å². The average Bonchev–Trinajstić information content (AvgIpc) is 1.04. The molecule has 0 fully saturated rings. The van der Waals surface area contributed by atoms with Crippen molar-refractivity contribution in [1.82, 2.24) is 0 Å². The van der Waals surface area contributed by atoms with Gasteiger partial charge in [-0.15, -0.1) is 0 Å². The fourth-order valence-electron chi connectivity index (χ4n) is 10.6. The molecule has 0 aliphatic rings. The largest absolute Gasteiger partial charge is 0.472 e. The van der Waals surface area contributed by atoms with E-state index in [0.29, 0.717) is 25.7 Å². The maximum absolute atomic E-state index is 13.1. The number of carbonyl (C=O) groups is 4. The molecular weight excluding hydrogens is 1280 g/mol. The van der Waals surface area contributed by atoms with Crippen LogP contribution in [0.2, 0.25) is 0 Å². The summed E-state index contributed by atoms with van der Waals surface area (Å²) in [5.74, 6) is -2.20. The summed E-state index contributed by atoms with van der Waals surface area (Å²) in [6.45, 7) is 4.79. The first-order chi connectivity index (χ1) is 47.7. The number of ether oxygens (including phenoxy) is 4. The third kappa shape index (κ3) is 70.9. The third-order valence-corrected chi connectivity index (χ3v) is 18.5. The molecule has 5 atom stereocenters. The SMILES string of the molecule is CCCCCC=CCC=CCCCCCCCC(=O)OC[C@H](COP(=O)(O)OCC(O)COP(=O)(O)OC[C@@H](COC(=O)CCCCCCCCCC=CCCCCCC)OC(=O)CCCCCCCC=CCCCCCC)OC(=O)CCCCCCCC=CCC=CCCCCC. The fourth-order valence-corrected chi connectivity index (χ4v) is 12.1. The predicted octanol–water partition coefficient (Wildman–Crippen LogP) is 22.4. The summed E-state index contributed by atoms with van der Waals surface area (Å²) in [4.78, 5) is 72.9. The molecule has 0 aliphatic carbocycles. The summed E-state index contributed by atoms with van der Waals surface area (Å²) < 4.78 is 68.5. The first kappa shape index (κ1) is 94.5. The second-order valence-corrected chi connectivity index (χ2v) is 29.2. The van der Waals surface area contributed by atoms with Crippen molar-refractivity contribution in [3.05, 3.63) is 72.9 Å². The molecule has 3 N–H and O–H groups in total. The second-order valence-electron chi connectivity index (χ2n) is 26.3. The molecule has 17 nitrogen and oxygen atoms in total. The van der Waals surface area contributed by atoms with E-state index in [1.54, 1.807) is 0 Å². The van der Waals surface area contributed by atoms with Crippen molar-refractivity contribution in [3.63, 3.8) is 0 Å². The number of unbranched alkanes of at least 4 members (excludes halogenated alkanes) is 36. The zero-order valence-corrected chi connectivity index (χ0v) is 64.0. The Morgan fingerprint density at radius 2 is 0.500 bits per heavy atom. The minimum Gasteiger partial charge on any atom is -0.462 e. The minimum atomic E-state index is -4.98. The van der Waals surface area contributed by atoms with Crippen molar-refractivity contribution < 1.29 is 80.2 Å². The maximum Gasteiger partial charge on any atom is 0.472 e. The van der Waals surface area contributed by atoms with Crippen LogP contribution in [-0.4, -0.2) is 96.7 Å². The van der Waals surface area contributed by atoms with Crippen LogP contribution in [-0.2, 0) is 65.4 Å².